The monoisotopic (exact) mass is 278 g/mol. The van der Waals surface area contributed by atoms with Gasteiger partial charge in [-0.15, -0.1) is 0 Å². The summed E-state index contributed by atoms with van der Waals surface area (Å²) in [6.45, 7) is 4.61. The number of hydrogen-bond donors (Lipinski definition) is 1. The number of ether oxygens (including phenoxy) is 2. The maximum absolute atomic E-state index is 5.78. The summed E-state index contributed by atoms with van der Waals surface area (Å²) in [6.07, 6.45) is 2.72. The Morgan fingerprint density at radius 1 is 1.45 bits per heavy atom. The van der Waals surface area contributed by atoms with Crippen molar-refractivity contribution < 1.29 is 9.47 Å². The second-order valence-electron chi connectivity index (χ2n) is 5.53. The average Bonchev–Trinajstić information content (AvgIpc) is 2.98. The third-order valence-electron chi connectivity index (χ3n) is 3.69. The standard InChI is InChI=1S/C16H26N2O2/c1-13(16-8-5-10-20-16)17-9-11-19-15-7-4-6-14(12-15)18(2)3/h4,6-7,12-13,16-17H,5,8-11H2,1-3H3. The highest BCUT2D eigenvalue weighted by Gasteiger charge is 2.21. The zero-order valence-corrected chi connectivity index (χ0v) is 12.8. The highest BCUT2D eigenvalue weighted by atomic mass is 16.5. The minimum Gasteiger partial charge on any atom is -0.492 e. The van der Waals surface area contributed by atoms with E-state index in [4.69, 9.17) is 9.47 Å². The van der Waals surface area contributed by atoms with Crippen molar-refractivity contribution in [2.75, 3.05) is 38.8 Å². The van der Waals surface area contributed by atoms with Gasteiger partial charge in [-0.1, -0.05) is 6.07 Å². The lowest BCUT2D eigenvalue weighted by atomic mass is 10.1. The van der Waals surface area contributed by atoms with E-state index >= 15 is 0 Å². The van der Waals surface area contributed by atoms with Crippen LogP contribution < -0.4 is 15.0 Å². The van der Waals surface area contributed by atoms with Gasteiger partial charge in [0, 0.05) is 45.0 Å². The van der Waals surface area contributed by atoms with Crippen LogP contribution in [0.15, 0.2) is 24.3 Å². The summed E-state index contributed by atoms with van der Waals surface area (Å²) in [5.41, 5.74) is 1.16. The van der Waals surface area contributed by atoms with Gasteiger partial charge in [0.25, 0.3) is 0 Å². The Morgan fingerprint density at radius 2 is 2.30 bits per heavy atom. The minimum atomic E-state index is 0.368. The fourth-order valence-corrected chi connectivity index (χ4v) is 2.44. The maximum Gasteiger partial charge on any atom is 0.121 e. The highest BCUT2D eigenvalue weighted by molar-refractivity contribution is 5.49. The molecular formula is C16H26N2O2. The van der Waals surface area contributed by atoms with E-state index in [-0.39, 0.29) is 0 Å². The summed E-state index contributed by atoms with van der Waals surface area (Å²) in [6, 6.07) is 8.55. The van der Waals surface area contributed by atoms with Crippen LogP contribution in [0, 0.1) is 0 Å². The second kappa shape index (κ2) is 7.50. The van der Waals surface area contributed by atoms with Crippen molar-refractivity contribution >= 4 is 5.69 Å². The zero-order chi connectivity index (χ0) is 14.4. The number of hydrogen-bond acceptors (Lipinski definition) is 4. The summed E-state index contributed by atoms with van der Waals surface area (Å²) < 4.78 is 11.4. The second-order valence-corrected chi connectivity index (χ2v) is 5.53. The van der Waals surface area contributed by atoms with Crippen molar-refractivity contribution in [3.63, 3.8) is 0 Å². The molecule has 0 radical (unpaired) electrons. The van der Waals surface area contributed by atoms with Crippen LogP contribution in [0.3, 0.4) is 0 Å². The van der Waals surface area contributed by atoms with Crippen molar-refractivity contribution in [1.29, 1.82) is 0 Å². The first-order valence-corrected chi connectivity index (χ1v) is 7.42. The molecule has 1 saturated heterocycles. The van der Waals surface area contributed by atoms with Gasteiger partial charge >= 0.3 is 0 Å². The van der Waals surface area contributed by atoms with Gasteiger partial charge < -0.3 is 19.7 Å². The smallest absolute Gasteiger partial charge is 0.121 e. The quantitative estimate of drug-likeness (QED) is 0.776. The number of nitrogens with one attached hydrogen (secondary N) is 1. The molecule has 1 N–H and O–H groups in total. The Hall–Kier alpha value is -1.26. The molecule has 1 heterocycles. The topological polar surface area (TPSA) is 33.7 Å². The van der Waals surface area contributed by atoms with Gasteiger partial charge in [0.15, 0.2) is 0 Å². The first-order valence-electron chi connectivity index (χ1n) is 7.42. The number of benzene rings is 1. The fourth-order valence-electron chi connectivity index (χ4n) is 2.44. The number of nitrogens with zero attached hydrogens (tertiary/aromatic N) is 1. The predicted octanol–water partition coefficient (Wildman–Crippen LogP) is 2.29. The van der Waals surface area contributed by atoms with Crippen LogP contribution in [-0.2, 0) is 4.74 Å². The van der Waals surface area contributed by atoms with E-state index in [9.17, 15) is 0 Å². The van der Waals surface area contributed by atoms with Gasteiger partial charge in [-0.2, -0.15) is 0 Å². The number of rotatable bonds is 7. The first kappa shape index (κ1) is 15.1. The predicted molar refractivity (Wildman–Crippen MR) is 82.7 cm³/mol. The molecule has 2 rings (SSSR count). The van der Waals surface area contributed by atoms with Gasteiger partial charge in [-0.25, -0.2) is 0 Å². The Morgan fingerprint density at radius 3 is 3.00 bits per heavy atom. The van der Waals surface area contributed by atoms with E-state index in [2.05, 4.69) is 29.3 Å². The van der Waals surface area contributed by atoms with Crippen LogP contribution in [0.5, 0.6) is 5.75 Å². The van der Waals surface area contributed by atoms with Crippen LogP contribution in [0.4, 0.5) is 5.69 Å². The van der Waals surface area contributed by atoms with E-state index in [1.54, 1.807) is 0 Å². The highest BCUT2D eigenvalue weighted by Crippen LogP contribution is 2.19. The minimum absolute atomic E-state index is 0.368. The van der Waals surface area contributed by atoms with Crippen molar-refractivity contribution in [1.82, 2.24) is 5.32 Å². The molecule has 2 atom stereocenters. The molecule has 2 unspecified atom stereocenters. The molecule has 1 aromatic rings. The first-order chi connectivity index (χ1) is 9.66. The van der Waals surface area contributed by atoms with Crippen LogP contribution in [0.25, 0.3) is 0 Å². The van der Waals surface area contributed by atoms with E-state index in [1.165, 1.54) is 12.8 Å². The summed E-state index contributed by atoms with van der Waals surface area (Å²) in [7, 11) is 4.06. The summed E-state index contributed by atoms with van der Waals surface area (Å²) in [5, 5.41) is 3.47. The van der Waals surface area contributed by atoms with Gasteiger partial charge in [-0.05, 0) is 31.9 Å². The Labute approximate surface area is 122 Å². The van der Waals surface area contributed by atoms with E-state index in [0.717, 1.165) is 24.6 Å². The molecule has 1 aliphatic rings. The largest absolute Gasteiger partial charge is 0.492 e. The molecular weight excluding hydrogens is 252 g/mol. The van der Waals surface area contributed by atoms with Crippen molar-refractivity contribution in [3.8, 4) is 5.75 Å². The van der Waals surface area contributed by atoms with Gasteiger partial charge in [0.2, 0.25) is 0 Å². The van der Waals surface area contributed by atoms with Crippen LogP contribution in [0.1, 0.15) is 19.8 Å². The summed E-state index contributed by atoms with van der Waals surface area (Å²) in [4.78, 5) is 2.07. The molecule has 4 heteroatoms. The summed E-state index contributed by atoms with van der Waals surface area (Å²) >= 11 is 0. The van der Waals surface area contributed by atoms with E-state index < -0.39 is 0 Å². The van der Waals surface area contributed by atoms with Gasteiger partial charge in [0.1, 0.15) is 12.4 Å². The Balaban J connectivity index is 1.69. The summed E-state index contributed by atoms with van der Waals surface area (Å²) in [5.74, 6) is 0.919. The lowest BCUT2D eigenvalue weighted by Gasteiger charge is -2.20. The Bertz CT molecular complexity index is 403. The molecule has 20 heavy (non-hydrogen) atoms. The lowest BCUT2D eigenvalue weighted by Crippen LogP contribution is -2.39. The molecule has 0 aliphatic carbocycles. The molecule has 0 bridgehead atoms. The molecule has 0 aromatic heterocycles. The van der Waals surface area contributed by atoms with E-state index in [0.29, 0.717) is 18.8 Å². The van der Waals surface area contributed by atoms with Crippen molar-refractivity contribution in [3.05, 3.63) is 24.3 Å². The molecule has 1 fully saturated rings. The lowest BCUT2D eigenvalue weighted by molar-refractivity contribution is 0.0824. The third-order valence-corrected chi connectivity index (χ3v) is 3.69. The van der Waals surface area contributed by atoms with Crippen molar-refractivity contribution in [2.24, 2.45) is 0 Å². The van der Waals surface area contributed by atoms with Crippen LogP contribution in [-0.4, -0.2) is 46.0 Å². The fraction of sp³-hybridized carbons (Fsp3) is 0.625. The SMILES string of the molecule is CC(NCCOc1cccc(N(C)C)c1)C1CCCO1. The molecule has 4 nitrogen and oxygen atoms in total. The Kier molecular flexibility index (Phi) is 5.68. The van der Waals surface area contributed by atoms with Crippen molar-refractivity contribution in [2.45, 2.75) is 31.9 Å². The van der Waals surface area contributed by atoms with Gasteiger partial charge in [-0.3, -0.25) is 0 Å². The van der Waals surface area contributed by atoms with E-state index in [1.807, 2.05) is 26.2 Å². The molecule has 112 valence electrons. The molecule has 1 aromatic carbocycles. The van der Waals surface area contributed by atoms with Crippen LogP contribution in [0.2, 0.25) is 0 Å². The normalized spacial score (nSPS) is 19.9. The molecule has 0 spiro atoms. The third kappa shape index (κ3) is 4.39. The molecule has 1 aliphatic heterocycles. The van der Waals surface area contributed by atoms with Gasteiger partial charge in [0.05, 0.1) is 6.10 Å². The maximum atomic E-state index is 5.78. The molecule has 0 amide bonds. The van der Waals surface area contributed by atoms with Crippen LogP contribution >= 0.6 is 0 Å². The number of anilines is 1. The average molecular weight is 278 g/mol. The zero-order valence-electron chi connectivity index (χ0n) is 12.8. The molecule has 0 saturated carbocycles.